The van der Waals surface area contributed by atoms with Crippen molar-refractivity contribution in [2.24, 2.45) is 0 Å². The van der Waals surface area contributed by atoms with Crippen LogP contribution in [0.1, 0.15) is 15.9 Å². The summed E-state index contributed by atoms with van der Waals surface area (Å²) in [6, 6.07) is 10.0. The first-order valence-corrected chi connectivity index (χ1v) is 6.71. The topological polar surface area (TPSA) is 49.3 Å². The van der Waals surface area contributed by atoms with E-state index >= 15 is 0 Å². The van der Waals surface area contributed by atoms with Gasteiger partial charge in [-0.3, -0.25) is 4.79 Å². The molecule has 0 aliphatic carbocycles. The van der Waals surface area contributed by atoms with Gasteiger partial charge in [0.15, 0.2) is 0 Å². The fourth-order valence-corrected chi connectivity index (χ4v) is 2.18. The summed E-state index contributed by atoms with van der Waals surface area (Å²) >= 11 is 9.29. The van der Waals surface area contributed by atoms with Crippen molar-refractivity contribution >= 4 is 39.1 Å². The minimum absolute atomic E-state index is 0.137. The summed E-state index contributed by atoms with van der Waals surface area (Å²) in [6.07, 6.45) is 0. The number of benzene rings is 2. The molecule has 19 heavy (non-hydrogen) atoms. The van der Waals surface area contributed by atoms with Crippen molar-refractivity contribution in [3.63, 3.8) is 0 Å². The van der Waals surface area contributed by atoms with Crippen LogP contribution in [0.15, 0.2) is 40.9 Å². The molecule has 0 aromatic heterocycles. The predicted molar refractivity (Wildman–Crippen MR) is 79.9 cm³/mol. The zero-order valence-corrected chi connectivity index (χ0v) is 12.4. The zero-order chi connectivity index (χ0) is 14.0. The number of amides is 1. The van der Waals surface area contributed by atoms with Crippen LogP contribution in [0, 0.1) is 6.92 Å². The lowest BCUT2D eigenvalue weighted by Gasteiger charge is -2.10. The van der Waals surface area contributed by atoms with Gasteiger partial charge in [0.1, 0.15) is 5.75 Å². The van der Waals surface area contributed by atoms with Crippen molar-refractivity contribution in [1.29, 1.82) is 0 Å². The zero-order valence-electron chi connectivity index (χ0n) is 10.1. The van der Waals surface area contributed by atoms with Crippen molar-refractivity contribution in [2.75, 3.05) is 5.32 Å². The molecule has 0 bridgehead atoms. The Hall–Kier alpha value is -1.52. The van der Waals surface area contributed by atoms with Crippen molar-refractivity contribution in [1.82, 2.24) is 0 Å². The average molecular weight is 341 g/mol. The quantitative estimate of drug-likeness (QED) is 0.853. The summed E-state index contributed by atoms with van der Waals surface area (Å²) < 4.78 is 0.773. The van der Waals surface area contributed by atoms with E-state index in [4.69, 9.17) is 11.6 Å². The van der Waals surface area contributed by atoms with E-state index in [0.29, 0.717) is 21.8 Å². The number of phenols is 1. The van der Waals surface area contributed by atoms with Crippen molar-refractivity contribution in [3.8, 4) is 5.75 Å². The fraction of sp³-hybridized carbons (Fsp3) is 0.0714. The van der Waals surface area contributed by atoms with Gasteiger partial charge in [-0.25, -0.2) is 0 Å². The van der Waals surface area contributed by atoms with Gasteiger partial charge in [0.2, 0.25) is 0 Å². The largest absolute Gasteiger partial charge is 0.508 e. The molecule has 2 aromatic carbocycles. The highest BCUT2D eigenvalue weighted by atomic mass is 79.9. The van der Waals surface area contributed by atoms with E-state index in [1.165, 1.54) is 0 Å². The smallest absolute Gasteiger partial charge is 0.257 e. The summed E-state index contributed by atoms with van der Waals surface area (Å²) in [7, 11) is 0. The molecule has 0 heterocycles. The van der Waals surface area contributed by atoms with Crippen LogP contribution in [0.3, 0.4) is 0 Å². The average Bonchev–Trinajstić information content (AvgIpc) is 2.38. The Balaban J connectivity index is 2.31. The highest BCUT2D eigenvalue weighted by molar-refractivity contribution is 9.10. The number of nitrogens with one attached hydrogen (secondary N) is 1. The number of carbonyl (C=O) groups excluding carboxylic acids is 1. The maximum absolute atomic E-state index is 12.2. The Bertz CT molecular complexity index is 643. The first-order valence-electron chi connectivity index (χ1n) is 5.54. The van der Waals surface area contributed by atoms with Crippen LogP contribution in [0.4, 0.5) is 5.69 Å². The molecule has 2 rings (SSSR count). The monoisotopic (exact) mass is 339 g/mol. The van der Waals surface area contributed by atoms with E-state index < -0.39 is 0 Å². The number of hydrogen-bond donors (Lipinski definition) is 2. The Morgan fingerprint density at radius 2 is 2.05 bits per heavy atom. The van der Waals surface area contributed by atoms with Crippen LogP contribution in [-0.2, 0) is 0 Å². The number of halogens is 2. The van der Waals surface area contributed by atoms with E-state index in [1.807, 2.05) is 0 Å². The molecule has 2 N–H and O–H groups in total. The molecule has 0 saturated carbocycles. The number of phenolic OH excluding ortho intramolecular Hbond substituents is 1. The number of anilines is 1. The molecule has 2 aromatic rings. The second kappa shape index (κ2) is 5.63. The molecule has 5 heteroatoms. The molecule has 1 amide bonds. The molecular formula is C14H11BrClNO2. The van der Waals surface area contributed by atoms with Gasteiger partial charge in [0.05, 0.1) is 10.6 Å². The molecule has 0 fully saturated rings. The summed E-state index contributed by atoms with van der Waals surface area (Å²) in [4.78, 5) is 12.2. The number of hydrogen-bond acceptors (Lipinski definition) is 2. The van der Waals surface area contributed by atoms with E-state index in [-0.39, 0.29) is 11.7 Å². The minimum Gasteiger partial charge on any atom is -0.508 e. The van der Waals surface area contributed by atoms with Gasteiger partial charge in [-0.05, 0) is 37.3 Å². The summed E-state index contributed by atoms with van der Waals surface area (Å²) in [5.74, 6) is -0.182. The SMILES string of the molecule is Cc1c(O)cccc1NC(=O)c1cc(Br)ccc1Cl. The number of aromatic hydroxyl groups is 1. The molecule has 0 aliphatic heterocycles. The van der Waals surface area contributed by atoms with Crippen LogP contribution in [0.5, 0.6) is 5.75 Å². The van der Waals surface area contributed by atoms with E-state index in [2.05, 4.69) is 21.2 Å². The third kappa shape index (κ3) is 3.08. The number of carbonyl (C=O) groups is 1. The maximum Gasteiger partial charge on any atom is 0.257 e. The van der Waals surface area contributed by atoms with Crippen LogP contribution in [0.25, 0.3) is 0 Å². The minimum atomic E-state index is -0.319. The van der Waals surface area contributed by atoms with E-state index in [9.17, 15) is 9.90 Å². The Kier molecular flexibility index (Phi) is 4.12. The maximum atomic E-state index is 12.2. The van der Waals surface area contributed by atoms with Crippen molar-refractivity contribution in [2.45, 2.75) is 6.92 Å². The van der Waals surface area contributed by atoms with Crippen LogP contribution < -0.4 is 5.32 Å². The second-order valence-corrected chi connectivity index (χ2v) is 5.35. The fourth-order valence-electron chi connectivity index (χ4n) is 1.62. The molecule has 98 valence electrons. The normalized spacial score (nSPS) is 10.3. The Labute approximate surface area is 124 Å². The highest BCUT2D eigenvalue weighted by Crippen LogP contribution is 2.26. The van der Waals surface area contributed by atoms with Gasteiger partial charge in [0, 0.05) is 15.7 Å². The van der Waals surface area contributed by atoms with Crippen LogP contribution in [-0.4, -0.2) is 11.0 Å². The van der Waals surface area contributed by atoms with E-state index in [0.717, 1.165) is 4.47 Å². The van der Waals surface area contributed by atoms with Gasteiger partial charge in [-0.2, -0.15) is 0 Å². The van der Waals surface area contributed by atoms with Crippen LogP contribution >= 0.6 is 27.5 Å². The third-order valence-electron chi connectivity index (χ3n) is 2.73. The van der Waals surface area contributed by atoms with Gasteiger partial charge < -0.3 is 10.4 Å². The van der Waals surface area contributed by atoms with Crippen molar-refractivity contribution in [3.05, 3.63) is 57.0 Å². The lowest BCUT2D eigenvalue weighted by molar-refractivity contribution is 0.102. The summed E-state index contributed by atoms with van der Waals surface area (Å²) in [5, 5.41) is 12.7. The standard InChI is InChI=1S/C14H11BrClNO2/c1-8-12(3-2-4-13(8)18)17-14(19)10-7-9(15)5-6-11(10)16/h2-7,18H,1H3,(H,17,19). The second-order valence-electron chi connectivity index (χ2n) is 4.03. The first-order chi connectivity index (χ1) is 8.99. The van der Waals surface area contributed by atoms with Crippen molar-refractivity contribution < 1.29 is 9.90 Å². The molecule has 0 unspecified atom stereocenters. The Morgan fingerprint density at radius 3 is 2.79 bits per heavy atom. The molecule has 3 nitrogen and oxygen atoms in total. The van der Waals surface area contributed by atoms with Gasteiger partial charge in [0.25, 0.3) is 5.91 Å². The summed E-state index contributed by atoms with van der Waals surface area (Å²) in [5.41, 5.74) is 1.54. The molecule has 0 aliphatic rings. The predicted octanol–water partition coefficient (Wildman–Crippen LogP) is 4.37. The lowest BCUT2D eigenvalue weighted by Crippen LogP contribution is -2.13. The Morgan fingerprint density at radius 1 is 1.32 bits per heavy atom. The van der Waals surface area contributed by atoms with E-state index in [1.54, 1.807) is 43.3 Å². The first kappa shape index (κ1) is 13.9. The van der Waals surface area contributed by atoms with Crippen LogP contribution in [0.2, 0.25) is 5.02 Å². The van der Waals surface area contributed by atoms with Gasteiger partial charge in [-0.1, -0.05) is 33.6 Å². The molecule has 0 radical (unpaired) electrons. The highest BCUT2D eigenvalue weighted by Gasteiger charge is 2.13. The lowest BCUT2D eigenvalue weighted by atomic mass is 10.1. The molecular weight excluding hydrogens is 330 g/mol. The molecule has 0 spiro atoms. The van der Waals surface area contributed by atoms with Gasteiger partial charge >= 0.3 is 0 Å². The van der Waals surface area contributed by atoms with Gasteiger partial charge in [-0.15, -0.1) is 0 Å². The molecule has 0 saturated heterocycles. The molecule has 0 atom stereocenters. The number of rotatable bonds is 2. The summed E-state index contributed by atoms with van der Waals surface area (Å²) in [6.45, 7) is 1.73. The third-order valence-corrected chi connectivity index (χ3v) is 3.55.